The highest BCUT2D eigenvalue weighted by Gasteiger charge is 2.04. The van der Waals surface area contributed by atoms with E-state index in [1.165, 1.54) is 18.6 Å². The molecule has 0 unspecified atom stereocenters. The zero-order valence-corrected chi connectivity index (χ0v) is 11.4. The van der Waals surface area contributed by atoms with Gasteiger partial charge in [-0.15, -0.1) is 5.10 Å². The average Bonchev–Trinajstić information content (AvgIpc) is 2.89. The molecule has 2 N–H and O–H groups in total. The van der Waals surface area contributed by atoms with Crippen LogP contribution in [-0.2, 0) is 0 Å². The van der Waals surface area contributed by atoms with Gasteiger partial charge >= 0.3 is 0 Å². The Kier molecular flexibility index (Phi) is 3.57. The first kappa shape index (κ1) is 13.2. The molecule has 3 rings (SSSR count). The summed E-state index contributed by atoms with van der Waals surface area (Å²) in [7, 11) is 0. The molecule has 0 aliphatic carbocycles. The molecular formula is C13H9ClN6O. The number of benzene rings is 1. The number of nitrogens with zero attached hydrogens (tertiary/aromatic N) is 5. The lowest BCUT2D eigenvalue weighted by atomic mass is 10.3. The van der Waals surface area contributed by atoms with E-state index in [0.717, 1.165) is 0 Å². The van der Waals surface area contributed by atoms with Crippen LogP contribution in [0.1, 0.15) is 11.6 Å². The molecule has 0 fully saturated rings. The molecule has 0 aliphatic heterocycles. The largest absolute Gasteiger partial charge is 0.435 e. The lowest BCUT2D eigenvalue weighted by Crippen LogP contribution is -2.14. The van der Waals surface area contributed by atoms with Crippen molar-refractivity contribution < 1.29 is 4.42 Å². The summed E-state index contributed by atoms with van der Waals surface area (Å²) in [6.07, 6.45) is 5.92. The van der Waals surface area contributed by atoms with E-state index in [-0.39, 0.29) is 5.84 Å². The van der Waals surface area contributed by atoms with Crippen LogP contribution in [0.4, 0.5) is 0 Å². The van der Waals surface area contributed by atoms with Crippen LogP contribution in [-0.4, -0.2) is 27.0 Å². The lowest BCUT2D eigenvalue weighted by molar-refractivity contribution is 0.593. The van der Waals surface area contributed by atoms with Crippen LogP contribution in [0.25, 0.3) is 11.1 Å². The first-order valence-electron chi connectivity index (χ1n) is 5.91. The number of oxazole rings is 1. The predicted molar refractivity (Wildman–Crippen MR) is 79.4 cm³/mol. The van der Waals surface area contributed by atoms with Gasteiger partial charge in [0.2, 0.25) is 5.89 Å². The first-order chi connectivity index (χ1) is 10.2. The van der Waals surface area contributed by atoms with E-state index in [1.807, 2.05) is 0 Å². The van der Waals surface area contributed by atoms with Gasteiger partial charge in [-0.3, -0.25) is 4.98 Å². The summed E-state index contributed by atoms with van der Waals surface area (Å²) >= 11 is 5.88. The summed E-state index contributed by atoms with van der Waals surface area (Å²) in [5.41, 5.74) is 7.43. The third kappa shape index (κ3) is 3.03. The average molecular weight is 301 g/mol. The summed E-state index contributed by atoms with van der Waals surface area (Å²) < 4.78 is 5.45. The minimum absolute atomic E-state index is 0.151. The second kappa shape index (κ2) is 5.68. The highest BCUT2D eigenvalue weighted by atomic mass is 35.5. The molecule has 0 saturated heterocycles. The summed E-state index contributed by atoms with van der Waals surface area (Å²) in [4.78, 5) is 12.1. The Morgan fingerprint density at radius 1 is 1.33 bits per heavy atom. The van der Waals surface area contributed by atoms with Crippen LogP contribution in [0.2, 0.25) is 5.02 Å². The SMILES string of the molecule is N/C(=N\N=C\c1nc2cc(Cl)ccc2o1)c1cnccn1. The van der Waals surface area contributed by atoms with Crippen LogP contribution in [0, 0.1) is 0 Å². The van der Waals surface area contributed by atoms with Crippen molar-refractivity contribution in [2.24, 2.45) is 15.9 Å². The normalized spacial score (nSPS) is 12.3. The Balaban J connectivity index is 1.81. The van der Waals surface area contributed by atoms with Gasteiger partial charge in [0.15, 0.2) is 11.4 Å². The zero-order chi connectivity index (χ0) is 14.7. The van der Waals surface area contributed by atoms with Gasteiger partial charge in [-0.05, 0) is 18.2 Å². The smallest absolute Gasteiger partial charge is 0.240 e. The Morgan fingerprint density at radius 3 is 3.05 bits per heavy atom. The molecule has 0 saturated carbocycles. The molecule has 3 aromatic rings. The second-order valence-electron chi connectivity index (χ2n) is 3.98. The number of halogens is 1. The maximum atomic E-state index is 5.88. The van der Waals surface area contributed by atoms with Gasteiger partial charge < -0.3 is 10.2 Å². The molecule has 0 atom stereocenters. The third-order valence-corrected chi connectivity index (χ3v) is 2.76. The van der Waals surface area contributed by atoms with Crippen molar-refractivity contribution in [1.82, 2.24) is 15.0 Å². The summed E-state index contributed by atoms with van der Waals surface area (Å²) in [5, 5.41) is 8.22. The highest BCUT2D eigenvalue weighted by Crippen LogP contribution is 2.19. The van der Waals surface area contributed by atoms with E-state index in [2.05, 4.69) is 25.2 Å². The molecule has 2 heterocycles. The Bertz CT molecular complexity index is 827. The van der Waals surface area contributed by atoms with Gasteiger partial charge in [0, 0.05) is 17.4 Å². The van der Waals surface area contributed by atoms with Gasteiger partial charge in [0.1, 0.15) is 17.4 Å². The monoisotopic (exact) mass is 300 g/mol. The van der Waals surface area contributed by atoms with E-state index in [0.29, 0.717) is 27.7 Å². The van der Waals surface area contributed by atoms with E-state index in [1.54, 1.807) is 24.4 Å². The van der Waals surface area contributed by atoms with Crippen LogP contribution < -0.4 is 5.73 Å². The van der Waals surface area contributed by atoms with Gasteiger partial charge in [-0.2, -0.15) is 5.10 Å². The predicted octanol–water partition coefficient (Wildman–Crippen LogP) is 2.01. The third-order valence-electron chi connectivity index (χ3n) is 2.53. The van der Waals surface area contributed by atoms with Crippen LogP contribution >= 0.6 is 11.6 Å². The Morgan fingerprint density at radius 2 is 2.24 bits per heavy atom. The molecule has 8 heteroatoms. The molecule has 104 valence electrons. The molecule has 21 heavy (non-hydrogen) atoms. The molecule has 0 amide bonds. The maximum absolute atomic E-state index is 5.88. The molecule has 0 aliphatic rings. The number of aromatic nitrogens is 3. The van der Waals surface area contributed by atoms with Gasteiger partial charge in [-0.25, -0.2) is 9.97 Å². The first-order valence-corrected chi connectivity index (χ1v) is 6.29. The van der Waals surface area contributed by atoms with Crippen LogP contribution in [0.3, 0.4) is 0 Å². The fourth-order valence-corrected chi connectivity index (χ4v) is 1.76. The maximum Gasteiger partial charge on any atom is 0.240 e. The van der Waals surface area contributed by atoms with Crippen molar-refractivity contribution in [3.63, 3.8) is 0 Å². The van der Waals surface area contributed by atoms with E-state index < -0.39 is 0 Å². The number of amidine groups is 1. The van der Waals surface area contributed by atoms with Crippen molar-refractivity contribution >= 4 is 34.8 Å². The molecular weight excluding hydrogens is 292 g/mol. The zero-order valence-electron chi connectivity index (χ0n) is 10.6. The molecule has 2 aromatic heterocycles. The number of hydrogen-bond acceptors (Lipinski definition) is 6. The topological polar surface area (TPSA) is 103 Å². The number of nitrogens with two attached hydrogens (primary N) is 1. The van der Waals surface area contributed by atoms with E-state index >= 15 is 0 Å². The van der Waals surface area contributed by atoms with Gasteiger partial charge in [0.25, 0.3) is 0 Å². The fourth-order valence-electron chi connectivity index (χ4n) is 1.60. The van der Waals surface area contributed by atoms with Crippen molar-refractivity contribution in [2.75, 3.05) is 0 Å². The van der Waals surface area contributed by atoms with Gasteiger partial charge in [-0.1, -0.05) is 11.6 Å². The minimum Gasteiger partial charge on any atom is -0.435 e. The molecule has 0 spiro atoms. The summed E-state index contributed by atoms with van der Waals surface area (Å²) in [6, 6.07) is 5.16. The van der Waals surface area contributed by atoms with E-state index in [4.69, 9.17) is 21.8 Å². The second-order valence-corrected chi connectivity index (χ2v) is 4.42. The minimum atomic E-state index is 0.151. The van der Waals surface area contributed by atoms with Crippen molar-refractivity contribution in [3.05, 3.63) is 53.4 Å². The highest BCUT2D eigenvalue weighted by molar-refractivity contribution is 6.31. The molecule has 1 aromatic carbocycles. The van der Waals surface area contributed by atoms with Crippen molar-refractivity contribution in [2.45, 2.75) is 0 Å². The molecule has 7 nitrogen and oxygen atoms in total. The standard InChI is InChI=1S/C13H9ClN6O/c14-8-1-2-11-9(5-8)19-12(21-11)7-18-20-13(15)10-6-16-3-4-17-10/h1-7H,(H2,15,20)/b18-7+. The van der Waals surface area contributed by atoms with Gasteiger partial charge in [0.05, 0.1) is 6.20 Å². The van der Waals surface area contributed by atoms with E-state index in [9.17, 15) is 0 Å². The lowest BCUT2D eigenvalue weighted by Gasteiger charge is -1.94. The van der Waals surface area contributed by atoms with Crippen molar-refractivity contribution in [1.29, 1.82) is 0 Å². The summed E-state index contributed by atoms with van der Waals surface area (Å²) in [5.74, 6) is 0.460. The Labute approximate surface area is 124 Å². The quantitative estimate of drug-likeness (QED) is 0.453. The number of fused-ring (bicyclic) bond motifs is 1. The fraction of sp³-hybridized carbons (Fsp3) is 0. The number of hydrogen-bond donors (Lipinski definition) is 1. The molecule has 0 radical (unpaired) electrons. The van der Waals surface area contributed by atoms with Crippen molar-refractivity contribution in [3.8, 4) is 0 Å². The number of rotatable bonds is 3. The van der Waals surface area contributed by atoms with Crippen LogP contribution in [0.15, 0.2) is 51.4 Å². The summed E-state index contributed by atoms with van der Waals surface area (Å²) in [6.45, 7) is 0. The Hall–Kier alpha value is -2.80. The molecule has 0 bridgehead atoms. The van der Waals surface area contributed by atoms with Crippen LogP contribution in [0.5, 0.6) is 0 Å².